The highest BCUT2D eigenvalue weighted by atomic mass is 19.4. The highest BCUT2D eigenvalue weighted by molar-refractivity contribution is 5.98. The van der Waals surface area contributed by atoms with Crippen molar-refractivity contribution in [2.75, 3.05) is 19.5 Å². The van der Waals surface area contributed by atoms with Gasteiger partial charge in [0.2, 0.25) is 0 Å². The van der Waals surface area contributed by atoms with E-state index >= 15 is 0 Å². The van der Waals surface area contributed by atoms with Gasteiger partial charge in [-0.25, -0.2) is 9.59 Å². The average molecular weight is 379 g/mol. The fraction of sp³-hybridized carbons (Fsp3) is 0.158. The summed E-state index contributed by atoms with van der Waals surface area (Å²) in [5, 5.41) is 2.68. The fourth-order valence-electron chi connectivity index (χ4n) is 2.30. The van der Waals surface area contributed by atoms with Gasteiger partial charge in [0.25, 0.3) is 0 Å². The number of esters is 2. The summed E-state index contributed by atoms with van der Waals surface area (Å²) in [5.74, 6) is -1.56. The number of nitrogens with one attached hydrogen (secondary N) is 1. The summed E-state index contributed by atoms with van der Waals surface area (Å²) in [6.45, 7) is 0. The van der Waals surface area contributed by atoms with Crippen molar-refractivity contribution in [1.82, 2.24) is 0 Å². The lowest BCUT2D eigenvalue weighted by atomic mass is 9.99. The number of carbonyl (C=O) groups is 2. The van der Waals surface area contributed by atoms with Crippen molar-refractivity contribution in [1.29, 1.82) is 0 Å². The molecule has 0 aliphatic heterocycles. The minimum absolute atomic E-state index is 0.0369. The molecule has 0 aliphatic carbocycles. The molecule has 2 aromatic carbocycles. The third-order valence-corrected chi connectivity index (χ3v) is 3.58. The first-order valence-corrected chi connectivity index (χ1v) is 7.68. The topological polar surface area (TPSA) is 64.6 Å². The Morgan fingerprint density at radius 1 is 0.963 bits per heavy atom. The summed E-state index contributed by atoms with van der Waals surface area (Å²) in [6, 6.07) is 11.1. The molecule has 1 N–H and O–H groups in total. The molecule has 0 saturated carbocycles. The highest BCUT2D eigenvalue weighted by Gasteiger charge is 2.33. The molecule has 2 aromatic rings. The number of rotatable bonds is 5. The molecule has 0 saturated heterocycles. The van der Waals surface area contributed by atoms with Gasteiger partial charge in [0.05, 0.1) is 25.9 Å². The maximum Gasteiger partial charge on any atom is 0.417 e. The van der Waals surface area contributed by atoms with Crippen molar-refractivity contribution in [3.63, 3.8) is 0 Å². The molecule has 0 bridgehead atoms. The van der Waals surface area contributed by atoms with Crippen molar-refractivity contribution in [3.05, 3.63) is 65.9 Å². The molecule has 0 amide bonds. The number of benzene rings is 2. The fourth-order valence-corrected chi connectivity index (χ4v) is 2.30. The summed E-state index contributed by atoms with van der Waals surface area (Å²) >= 11 is 0. The Bertz CT molecular complexity index is 858. The van der Waals surface area contributed by atoms with Crippen LogP contribution in [0.5, 0.6) is 0 Å². The summed E-state index contributed by atoms with van der Waals surface area (Å²) in [7, 11) is 2.30. The zero-order chi connectivity index (χ0) is 20.0. The lowest BCUT2D eigenvalue weighted by Crippen LogP contribution is -2.15. The van der Waals surface area contributed by atoms with Crippen LogP contribution in [0.4, 0.5) is 18.9 Å². The average Bonchev–Trinajstić information content (AvgIpc) is 2.66. The molecule has 142 valence electrons. The normalized spacial score (nSPS) is 11.7. The molecule has 8 heteroatoms. The second-order valence-corrected chi connectivity index (χ2v) is 5.32. The Hall–Kier alpha value is -3.29. The second kappa shape index (κ2) is 8.39. The second-order valence-electron chi connectivity index (χ2n) is 5.32. The zero-order valence-electron chi connectivity index (χ0n) is 14.5. The number of hydrogen-bond acceptors (Lipinski definition) is 5. The van der Waals surface area contributed by atoms with Crippen molar-refractivity contribution in [2.24, 2.45) is 0 Å². The number of methoxy groups -OCH3 is 2. The molecule has 0 aromatic heterocycles. The van der Waals surface area contributed by atoms with Crippen LogP contribution in [0.25, 0.3) is 11.1 Å². The van der Waals surface area contributed by atoms with Gasteiger partial charge in [0.15, 0.2) is 0 Å². The van der Waals surface area contributed by atoms with Gasteiger partial charge in [-0.15, -0.1) is 0 Å². The van der Waals surface area contributed by atoms with Gasteiger partial charge in [-0.3, -0.25) is 0 Å². The third kappa shape index (κ3) is 5.10. The molecule has 0 aliphatic rings. The maximum absolute atomic E-state index is 13.2. The standard InChI is InChI=1S/C19H16F3NO4/c1-26-17(24)11-16(18(25)27-2)23-13-9-7-12(8-10-13)14-5-3-4-6-15(14)19(20,21)22/h3-11,23H,1-2H3/b16-11+. The van der Waals surface area contributed by atoms with Crippen LogP contribution in [0, 0.1) is 0 Å². The van der Waals surface area contributed by atoms with Gasteiger partial charge in [-0.1, -0.05) is 30.3 Å². The lowest BCUT2D eigenvalue weighted by molar-refractivity contribution is -0.138. The van der Waals surface area contributed by atoms with Crippen molar-refractivity contribution in [2.45, 2.75) is 6.18 Å². The first kappa shape index (κ1) is 20.0. The Morgan fingerprint density at radius 2 is 1.59 bits per heavy atom. The predicted molar refractivity (Wildman–Crippen MR) is 92.6 cm³/mol. The summed E-state index contributed by atoms with van der Waals surface area (Å²) in [4.78, 5) is 23.1. The van der Waals surface area contributed by atoms with Gasteiger partial charge >= 0.3 is 18.1 Å². The van der Waals surface area contributed by atoms with E-state index in [1.54, 1.807) is 0 Å². The van der Waals surface area contributed by atoms with E-state index in [-0.39, 0.29) is 11.3 Å². The van der Waals surface area contributed by atoms with E-state index in [9.17, 15) is 22.8 Å². The maximum atomic E-state index is 13.2. The van der Waals surface area contributed by atoms with E-state index in [0.29, 0.717) is 11.3 Å². The molecule has 5 nitrogen and oxygen atoms in total. The van der Waals surface area contributed by atoms with Crippen LogP contribution in [0.2, 0.25) is 0 Å². The molecule has 0 unspecified atom stereocenters. The smallest absolute Gasteiger partial charge is 0.417 e. The summed E-state index contributed by atoms with van der Waals surface area (Å²) < 4.78 is 48.5. The number of hydrogen-bond donors (Lipinski definition) is 1. The molecule has 0 radical (unpaired) electrons. The molecule has 27 heavy (non-hydrogen) atoms. The molecular weight excluding hydrogens is 363 g/mol. The van der Waals surface area contributed by atoms with Crippen LogP contribution < -0.4 is 5.32 Å². The van der Waals surface area contributed by atoms with Gasteiger partial charge in [-0.05, 0) is 29.3 Å². The molecular formula is C19H16F3NO4. The monoisotopic (exact) mass is 379 g/mol. The first-order valence-electron chi connectivity index (χ1n) is 7.68. The first-order chi connectivity index (χ1) is 12.8. The van der Waals surface area contributed by atoms with E-state index in [4.69, 9.17) is 0 Å². The highest BCUT2D eigenvalue weighted by Crippen LogP contribution is 2.37. The summed E-state index contributed by atoms with van der Waals surface area (Å²) in [6.07, 6.45) is -3.56. The van der Waals surface area contributed by atoms with E-state index in [0.717, 1.165) is 26.4 Å². The minimum Gasteiger partial charge on any atom is -0.466 e. The predicted octanol–water partition coefficient (Wildman–Crippen LogP) is 4.01. The Balaban J connectivity index is 2.32. The van der Waals surface area contributed by atoms with Gasteiger partial charge < -0.3 is 14.8 Å². The zero-order valence-corrected chi connectivity index (χ0v) is 14.5. The van der Waals surface area contributed by atoms with Crippen LogP contribution in [0.15, 0.2) is 60.3 Å². The lowest BCUT2D eigenvalue weighted by Gasteiger charge is -2.14. The minimum atomic E-state index is -4.48. The number of carbonyl (C=O) groups excluding carboxylic acids is 2. The van der Waals surface area contributed by atoms with Crippen molar-refractivity contribution in [3.8, 4) is 11.1 Å². The van der Waals surface area contributed by atoms with E-state index < -0.39 is 23.7 Å². The number of halogens is 3. The molecule has 2 rings (SSSR count). The Labute approximate surface area is 153 Å². The van der Waals surface area contributed by atoms with Crippen LogP contribution in [-0.2, 0) is 25.2 Å². The Morgan fingerprint density at radius 3 is 2.15 bits per heavy atom. The number of alkyl halides is 3. The van der Waals surface area contributed by atoms with Crippen LogP contribution in [-0.4, -0.2) is 26.2 Å². The van der Waals surface area contributed by atoms with Crippen LogP contribution in [0.1, 0.15) is 5.56 Å². The number of ether oxygens (including phenoxy) is 2. The van der Waals surface area contributed by atoms with E-state index in [1.165, 1.54) is 42.5 Å². The van der Waals surface area contributed by atoms with Crippen LogP contribution >= 0.6 is 0 Å². The van der Waals surface area contributed by atoms with Gasteiger partial charge in [0.1, 0.15) is 5.70 Å². The molecule has 0 spiro atoms. The molecule has 0 heterocycles. The van der Waals surface area contributed by atoms with Gasteiger partial charge in [0, 0.05) is 5.69 Å². The van der Waals surface area contributed by atoms with E-state index in [1.807, 2.05) is 0 Å². The molecule has 0 fully saturated rings. The largest absolute Gasteiger partial charge is 0.466 e. The van der Waals surface area contributed by atoms with Crippen molar-refractivity contribution < 1.29 is 32.2 Å². The van der Waals surface area contributed by atoms with Gasteiger partial charge in [-0.2, -0.15) is 13.2 Å². The number of anilines is 1. The summed E-state index contributed by atoms with van der Waals surface area (Å²) in [5.41, 5.74) is -0.150. The molecule has 0 atom stereocenters. The quantitative estimate of drug-likeness (QED) is 0.628. The third-order valence-electron chi connectivity index (χ3n) is 3.58. The SMILES string of the molecule is COC(=O)/C=C(/Nc1ccc(-c2ccccc2C(F)(F)F)cc1)C(=O)OC. The van der Waals surface area contributed by atoms with Crippen LogP contribution in [0.3, 0.4) is 0 Å². The Kier molecular flexibility index (Phi) is 6.23. The van der Waals surface area contributed by atoms with Crippen molar-refractivity contribution >= 4 is 17.6 Å². The van der Waals surface area contributed by atoms with E-state index in [2.05, 4.69) is 14.8 Å².